The van der Waals surface area contributed by atoms with Gasteiger partial charge in [-0.15, -0.1) is 0 Å². The molecule has 0 saturated carbocycles. The molecule has 1 aromatic heterocycles. The van der Waals surface area contributed by atoms with Crippen molar-refractivity contribution in [3.05, 3.63) is 12.3 Å². The van der Waals surface area contributed by atoms with Gasteiger partial charge < -0.3 is 4.74 Å². The van der Waals surface area contributed by atoms with Gasteiger partial charge in [0, 0.05) is 13.1 Å². The summed E-state index contributed by atoms with van der Waals surface area (Å²) in [7, 11) is 1.82. The van der Waals surface area contributed by atoms with E-state index in [9.17, 15) is 4.79 Å². The van der Waals surface area contributed by atoms with Crippen LogP contribution in [0.3, 0.4) is 0 Å². The minimum atomic E-state index is -0.280. The molecular weight excluding hydrogens is 194 g/mol. The van der Waals surface area contributed by atoms with Crippen LogP contribution in [0.1, 0.15) is 13.8 Å². The summed E-state index contributed by atoms with van der Waals surface area (Å²) in [5.41, 5.74) is 0. The van der Waals surface area contributed by atoms with Crippen molar-refractivity contribution in [2.24, 2.45) is 13.0 Å². The summed E-state index contributed by atoms with van der Waals surface area (Å²) < 4.78 is 6.75. The maximum Gasteiger partial charge on any atom is 0.415 e. The van der Waals surface area contributed by atoms with Crippen LogP contribution in [0.2, 0.25) is 0 Å². The molecule has 1 atom stereocenters. The summed E-state index contributed by atoms with van der Waals surface area (Å²) in [6.07, 6.45) is 1.40. The predicted octanol–water partition coefficient (Wildman–Crippen LogP) is 1.40. The number of nitrogens with zero attached hydrogens (tertiary/aromatic N) is 3. The van der Waals surface area contributed by atoms with E-state index in [1.165, 1.54) is 0 Å². The lowest BCUT2D eigenvalue weighted by atomic mass is 10.0. The average Bonchev–Trinajstić information content (AvgIpc) is 2.71. The van der Waals surface area contributed by atoms with Crippen molar-refractivity contribution in [3.63, 3.8) is 0 Å². The van der Waals surface area contributed by atoms with E-state index in [0.29, 0.717) is 12.5 Å². The average molecular weight is 209 g/mol. The summed E-state index contributed by atoms with van der Waals surface area (Å²) in [6.45, 7) is 4.62. The van der Waals surface area contributed by atoms with Gasteiger partial charge in [-0.3, -0.25) is 9.58 Å². The molecule has 1 saturated heterocycles. The van der Waals surface area contributed by atoms with Gasteiger partial charge in [0.2, 0.25) is 0 Å². The Kier molecular flexibility index (Phi) is 2.38. The molecule has 0 radical (unpaired) electrons. The van der Waals surface area contributed by atoms with Crippen molar-refractivity contribution < 1.29 is 9.53 Å². The summed E-state index contributed by atoms with van der Waals surface area (Å²) in [5.74, 6) is 1.16. The number of amides is 1. The number of rotatable bonds is 2. The highest BCUT2D eigenvalue weighted by atomic mass is 16.6. The molecule has 5 heteroatoms. The zero-order valence-electron chi connectivity index (χ0n) is 9.17. The second-order valence-electron chi connectivity index (χ2n) is 4.07. The number of anilines is 1. The highest BCUT2D eigenvalue weighted by Crippen LogP contribution is 2.25. The van der Waals surface area contributed by atoms with Crippen LogP contribution >= 0.6 is 0 Å². The van der Waals surface area contributed by atoms with Crippen molar-refractivity contribution in [2.45, 2.75) is 19.9 Å². The number of hydrogen-bond donors (Lipinski definition) is 0. The largest absolute Gasteiger partial charge is 0.447 e. The third kappa shape index (κ3) is 1.58. The van der Waals surface area contributed by atoms with E-state index >= 15 is 0 Å². The molecule has 1 aromatic rings. The third-order valence-electron chi connectivity index (χ3n) is 2.72. The number of carbonyl (C=O) groups is 1. The molecule has 82 valence electrons. The van der Waals surface area contributed by atoms with Gasteiger partial charge >= 0.3 is 6.09 Å². The van der Waals surface area contributed by atoms with Crippen molar-refractivity contribution >= 4 is 11.9 Å². The molecule has 0 aliphatic carbocycles. The lowest BCUT2D eigenvalue weighted by Crippen LogP contribution is -2.38. The van der Waals surface area contributed by atoms with E-state index < -0.39 is 0 Å². The SMILES string of the molecule is CC(C)[C@H]1COC(=O)N1c1ccnn1C. The van der Waals surface area contributed by atoms with Gasteiger partial charge in [-0.05, 0) is 5.92 Å². The number of hydrogen-bond acceptors (Lipinski definition) is 3. The topological polar surface area (TPSA) is 47.4 Å². The predicted molar refractivity (Wildman–Crippen MR) is 55.7 cm³/mol. The number of aryl methyl sites for hydroxylation is 1. The Hall–Kier alpha value is -1.52. The van der Waals surface area contributed by atoms with E-state index in [0.717, 1.165) is 5.82 Å². The number of cyclic esters (lactones) is 1. The molecule has 5 nitrogen and oxygen atoms in total. The Balaban J connectivity index is 2.33. The third-order valence-corrected chi connectivity index (χ3v) is 2.72. The van der Waals surface area contributed by atoms with Crippen molar-refractivity contribution in [1.29, 1.82) is 0 Å². The normalized spacial score (nSPS) is 21.2. The van der Waals surface area contributed by atoms with Gasteiger partial charge in [0.05, 0.1) is 12.2 Å². The standard InChI is InChI=1S/C10H15N3O2/c1-7(2)8-6-15-10(14)13(8)9-4-5-11-12(9)3/h4-5,7-8H,6H2,1-3H3/t8-/m1/s1. The molecule has 0 spiro atoms. The van der Waals surface area contributed by atoms with E-state index in [2.05, 4.69) is 18.9 Å². The van der Waals surface area contributed by atoms with Gasteiger partial charge in [0.1, 0.15) is 12.4 Å². The van der Waals surface area contributed by atoms with E-state index in [-0.39, 0.29) is 12.1 Å². The van der Waals surface area contributed by atoms with Crippen LogP contribution in [0.25, 0.3) is 0 Å². The van der Waals surface area contributed by atoms with Crippen molar-refractivity contribution in [2.75, 3.05) is 11.5 Å². The van der Waals surface area contributed by atoms with E-state index in [1.54, 1.807) is 15.8 Å². The maximum atomic E-state index is 11.6. The maximum absolute atomic E-state index is 11.6. The Bertz CT molecular complexity index is 372. The molecule has 0 bridgehead atoms. The van der Waals surface area contributed by atoms with Crippen LogP contribution < -0.4 is 4.90 Å². The second kappa shape index (κ2) is 3.56. The zero-order valence-corrected chi connectivity index (χ0v) is 9.17. The zero-order chi connectivity index (χ0) is 11.0. The molecule has 2 heterocycles. The summed E-state index contributed by atoms with van der Waals surface area (Å²) >= 11 is 0. The number of carbonyl (C=O) groups excluding carboxylic acids is 1. The Morgan fingerprint density at radius 2 is 2.33 bits per heavy atom. The van der Waals surface area contributed by atoms with Gasteiger partial charge in [0.15, 0.2) is 0 Å². The first kappa shape index (κ1) is 10.0. The van der Waals surface area contributed by atoms with E-state index in [1.807, 2.05) is 13.1 Å². The van der Waals surface area contributed by atoms with Crippen LogP contribution in [0.5, 0.6) is 0 Å². The lowest BCUT2D eigenvalue weighted by molar-refractivity contribution is 0.177. The molecule has 1 aliphatic rings. The van der Waals surface area contributed by atoms with Gasteiger partial charge in [-0.25, -0.2) is 4.79 Å². The Labute approximate surface area is 88.6 Å². The highest BCUT2D eigenvalue weighted by Gasteiger charge is 2.37. The van der Waals surface area contributed by atoms with Gasteiger partial charge in [-0.1, -0.05) is 13.8 Å². The fourth-order valence-corrected chi connectivity index (χ4v) is 1.79. The Morgan fingerprint density at radius 1 is 1.60 bits per heavy atom. The first-order chi connectivity index (χ1) is 7.11. The van der Waals surface area contributed by atoms with Crippen LogP contribution in [0.15, 0.2) is 12.3 Å². The lowest BCUT2D eigenvalue weighted by Gasteiger charge is -2.23. The van der Waals surface area contributed by atoms with Crippen molar-refractivity contribution in [3.8, 4) is 0 Å². The fraction of sp³-hybridized carbons (Fsp3) is 0.600. The summed E-state index contributed by atoms with van der Waals surface area (Å²) in [4.78, 5) is 13.3. The van der Waals surface area contributed by atoms with Crippen LogP contribution in [0, 0.1) is 5.92 Å². The molecule has 15 heavy (non-hydrogen) atoms. The Morgan fingerprint density at radius 3 is 2.87 bits per heavy atom. The molecule has 2 rings (SSSR count). The quantitative estimate of drug-likeness (QED) is 0.739. The van der Waals surface area contributed by atoms with Crippen molar-refractivity contribution in [1.82, 2.24) is 9.78 Å². The monoisotopic (exact) mass is 209 g/mol. The number of ether oxygens (including phenoxy) is 1. The summed E-state index contributed by atoms with van der Waals surface area (Å²) in [6, 6.07) is 1.93. The molecule has 1 amide bonds. The second-order valence-corrected chi connectivity index (χ2v) is 4.07. The summed E-state index contributed by atoms with van der Waals surface area (Å²) in [5, 5.41) is 4.06. The minimum Gasteiger partial charge on any atom is -0.447 e. The smallest absolute Gasteiger partial charge is 0.415 e. The first-order valence-electron chi connectivity index (χ1n) is 5.05. The first-order valence-corrected chi connectivity index (χ1v) is 5.05. The van der Waals surface area contributed by atoms with Crippen LogP contribution in [-0.4, -0.2) is 28.5 Å². The molecule has 1 aliphatic heterocycles. The van der Waals surface area contributed by atoms with Crippen LogP contribution in [0.4, 0.5) is 10.6 Å². The minimum absolute atomic E-state index is 0.105. The van der Waals surface area contributed by atoms with Gasteiger partial charge in [-0.2, -0.15) is 5.10 Å². The molecule has 0 unspecified atom stereocenters. The van der Waals surface area contributed by atoms with Crippen LogP contribution in [-0.2, 0) is 11.8 Å². The number of aromatic nitrogens is 2. The molecule has 1 fully saturated rings. The fourth-order valence-electron chi connectivity index (χ4n) is 1.79. The molecule has 0 N–H and O–H groups in total. The molecular formula is C10H15N3O2. The van der Waals surface area contributed by atoms with Gasteiger partial charge in [0.25, 0.3) is 0 Å². The molecule has 0 aromatic carbocycles. The highest BCUT2D eigenvalue weighted by molar-refractivity contribution is 5.89. The van der Waals surface area contributed by atoms with E-state index in [4.69, 9.17) is 4.74 Å².